The summed E-state index contributed by atoms with van der Waals surface area (Å²) in [6.07, 6.45) is 0. The molecule has 1 aromatic heterocycles. The molecule has 0 spiro atoms. The third-order valence-electron chi connectivity index (χ3n) is 2.32. The number of halogens is 1. The fourth-order valence-electron chi connectivity index (χ4n) is 1.67. The van der Waals surface area contributed by atoms with E-state index >= 15 is 0 Å². The van der Waals surface area contributed by atoms with Crippen LogP contribution in [-0.2, 0) is 0 Å². The van der Waals surface area contributed by atoms with Gasteiger partial charge in [-0.15, -0.1) is 0 Å². The number of fused-ring (bicyclic) bond motifs is 1. The molecule has 0 fully saturated rings. The van der Waals surface area contributed by atoms with Gasteiger partial charge in [0.05, 0.1) is 5.52 Å². The van der Waals surface area contributed by atoms with Crippen molar-refractivity contribution in [3.63, 3.8) is 0 Å². The predicted molar refractivity (Wildman–Crippen MR) is 61.3 cm³/mol. The number of carboxylic acids is 1. The summed E-state index contributed by atoms with van der Waals surface area (Å²) >= 11 is 5.84. The molecular weight excluding hydrogens is 230 g/mol. The Morgan fingerprint density at radius 2 is 2.06 bits per heavy atom. The van der Waals surface area contributed by atoms with Gasteiger partial charge in [0.15, 0.2) is 5.43 Å². The Kier molecular flexibility index (Phi) is 2.44. The maximum absolute atomic E-state index is 11.7. The first kappa shape index (κ1) is 10.7. The number of carboxylic acid groups (broad SMARTS) is 1. The van der Waals surface area contributed by atoms with E-state index in [0.717, 1.165) is 11.6 Å². The van der Waals surface area contributed by atoms with Crippen molar-refractivity contribution in [2.45, 2.75) is 6.92 Å². The van der Waals surface area contributed by atoms with Gasteiger partial charge in [0.2, 0.25) is 0 Å². The van der Waals surface area contributed by atoms with Crippen LogP contribution in [0.25, 0.3) is 10.9 Å². The van der Waals surface area contributed by atoms with Gasteiger partial charge in [-0.25, -0.2) is 4.79 Å². The molecule has 1 heterocycles. The Morgan fingerprint density at radius 3 is 2.69 bits per heavy atom. The van der Waals surface area contributed by atoms with Crippen molar-refractivity contribution >= 4 is 28.5 Å². The molecule has 4 nitrogen and oxygen atoms in total. The van der Waals surface area contributed by atoms with E-state index in [1.165, 1.54) is 6.07 Å². The van der Waals surface area contributed by atoms with Gasteiger partial charge >= 0.3 is 5.97 Å². The van der Waals surface area contributed by atoms with Gasteiger partial charge in [-0.3, -0.25) is 4.79 Å². The number of nitrogens with one attached hydrogen (secondary N) is 1. The van der Waals surface area contributed by atoms with E-state index in [-0.39, 0.29) is 11.1 Å². The van der Waals surface area contributed by atoms with Crippen molar-refractivity contribution in [2.24, 2.45) is 0 Å². The van der Waals surface area contributed by atoms with Gasteiger partial charge in [-0.2, -0.15) is 0 Å². The van der Waals surface area contributed by atoms with Crippen LogP contribution in [0.4, 0.5) is 0 Å². The molecule has 0 radical (unpaired) electrons. The lowest BCUT2D eigenvalue weighted by atomic mass is 10.1. The third kappa shape index (κ3) is 1.67. The molecule has 0 saturated heterocycles. The molecule has 0 aliphatic carbocycles. The quantitative estimate of drug-likeness (QED) is 0.799. The molecular formula is C11H8ClNO3. The topological polar surface area (TPSA) is 70.2 Å². The number of rotatable bonds is 1. The summed E-state index contributed by atoms with van der Waals surface area (Å²) in [5.74, 6) is -1.17. The van der Waals surface area contributed by atoms with Crippen LogP contribution < -0.4 is 5.43 Å². The lowest BCUT2D eigenvalue weighted by Gasteiger charge is -2.04. The minimum absolute atomic E-state index is 0.140. The first-order valence-corrected chi connectivity index (χ1v) is 4.93. The number of aromatic amines is 1. The number of aromatic nitrogens is 1. The predicted octanol–water partition coefficient (Wildman–Crippen LogP) is 2.19. The number of pyridine rings is 1. The van der Waals surface area contributed by atoms with Gasteiger partial charge in [0.25, 0.3) is 0 Å². The molecule has 2 N–H and O–H groups in total. The van der Waals surface area contributed by atoms with Crippen LogP contribution in [0.3, 0.4) is 0 Å². The highest BCUT2D eigenvalue weighted by atomic mass is 35.5. The number of hydrogen-bond donors (Lipinski definition) is 2. The van der Waals surface area contributed by atoms with Crippen LogP contribution in [0.2, 0.25) is 5.02 Å². The van der Waals surface area contributed by atoms with Crippen LogP contribution in [0.15, 0.2) is 23.0 Å². The van der Waals surface area contributed by atoms with Crippen molar-refractivity contribution in [3.05, 3.63) is 44.7 Å². The van der Waals surface area contributed by atoms with E-state index < -0.39 is 5.97 Å². The molecule has 0 atom stereocenters. The average Bonchev–Trinajstić information content (AvgIpc) is 2.15. The molecule has 16 heavy (non-hydrogen) atoms. The Hall–Kier alpha value is -1.81. The first-order chi connectivity index (χ1) is 7.49. The minimum atomic E-state index is -1.17. The molecule has 0 unspecified atom stereocenters. The SMILES string of the molecule is Cc1cc(Cl)cc2[nH]c(C(=O)O)cc(=O)c12. The number of aromatic carboxylic acids is 1. The van der Waals surface area contributed by atoms with E-state index in [2.05, 4.69) is 4.98 Å². The number of benzene rings is 1. The van der Waals surface area contributed by atoms with Gasteiger partial charge in [0, 0.05) is 16.5 Å². The van der Waals surface area contributed by atoms with Crippen molar-refractivity contribution in [1.82, 2.24) is 4.98 Å². The van der Waals surface area contributed by atoms with E-state index in [1.54, 1.807) is 13.0 Å². The summed E-state index contributed by atoms with van der Waals surface area (Å²) in [5, 5.41) is 9.73. The zero-order valence-corrected chi connectivity index (χ0v) is 9.13. The molecule has 5 heteroatoms. The normalized spacial score (nSPS) is 10.6. The number of H-pyrrole nitrogens is 1. The third-order valence-corrected chi connectivity index (χ3v) is 2.54. The van der Waals surface area contributed by atoms with E-state index in [0.29, 0.717) is 15.9 Å². The molecule has 0 saturated carbocycles. The van der Waals surface area contributed by atoms with Crippen LogP contribution in [0, 0.1) is 6.92 Å². The standard InChI is InChI=1S/C11H8ClNO3/c1-5-2-6(12)3-7-10(5)9(14)4-8(13-7)11(15)16/h2-4H,1H3,(H,13,14)(H,15,16). The summed E-state index contributed by atoms with van der Waals surface area (Å²) < 4.78 is 0. The number of aryl methyl sites for hydroxylation is 1. The van der Waals surface area contributed by atoms with Crippen LogP contribution in [0.5, 0.6) is 0 Å². The van der Waals surface area contributed by atoms with Crippen LogP contribution in [0.1, 0.15) is 16.1 Å². The summed E-state index contributed by atoms with van der Waals surface area (Å²) in [7, 11) is 0. The number of carbonyl (C=O) groups is 1. The van der Waals surface area contributed by atoms with Crippen LogP contribution >= 0.6 is 11.6 Å². The summed E-state index contributed by atoms with van der Waals surface area (Å²) in [6, 6.07) is 4.28. The second-order valence-corrected chi connectivity index (χ2v) is 3.93. The van der Waals surface area contributed by atoms with Gasteiger partial charge in [-0.05, 0) is 24.6 Å². The fraction of sp³-hybridized carbons (Fsp3) is 0.0909. The molecule has 2 rings (SSSR count). The zero-order chi connectivity index (χ0) is 11.9. The minimum Gasteiger partial charge on any atom is -0.477 e. The lowest BCUT2D eigenvalue weighted by Crippen LogP contribution is -2.10. The smallest absolute Gasteiger partial charge is 0.352 e. The van der Waals surface area contributed by atoms with Crippen molar-refractivity contribution < 1.29 is 9.90 Å². The molecule has 2 aromatic rings. The monoisotopic (exact) mass is 237 g/mol. The highest BCUT2D eigenvalue weighted by Gasteiger charge is 2.09. The van der Waals surface area contributed by atoms with Crippen molar-refractivity contribution in [2.75, 3.05) is 0 Å². The van der Waals surface area contributed by atoms with E-state index in [1.807, 2.05) is 0 Å². The Labute approximate surface area is 95.5 Å². The summed E-state index contributed by atoms with van der Waals surface area (Å²) in [4.78, 5) is 25.1. The molecule has 0 bridgehead atoms. The van der Waals surface area contributed by atoms with Crippen molar-refractivity contribution in [3.8, 4) is 0 Å². The molecule has 0 aliphatic heterocycles. The lowest BCUT2D eigenvalue weighted by molar-refractivity contribution is 0.0691. The molecule has 0 amide bonds. The van der Waals surface area contributed by atoms with Crippen LogP contribution in [-0.4, -0.2) is 16.1 Å². The Balaban J connectivity index is 2.93. The maximum atomic E-state index is 11.7. The summed E-state index contributed by atoms with van der Waals surface area (Å²) in [5.41, 5.74) is 0.704. The second kappa shape index (κ2) is 3.64. The highest BCUT2D eigenvalue weighted by Crippen LogP contribution is 2.19. The van der Waals surface area contributed by atoms with Gasteiger partial charge in [0.1, 0.15) is 5.69 Å². The molecule has 1 aromatic carbocycles. The van der Waals surface area contributed by atoms with E-state index in [4.69, 9.17) is 16.7 Å². The first-order valence-electron chi connectivity index (χ1n) is 4.55. The largest absolute Gasteiger partial charge is 0.477 e. The molecule has 0 aliphatic rings. The zero-order valence-electron chi connectivity index (χ0n) is 8.37. The van der Waals surface area contributed by atoms with Gasteiger partial charge < -0.3 is 10.1 Å². The van der Waals surface area contributed by atoms with Crippen molar-refractivity contribution in [1.29, 1.82) is 0 Å². The average molecular weight is 238 g/mol. The Morgan fingerprint density at radius 1 is 1.38 bits per heavy atom. The highest BCUT2D eigenvalue weighted by molar-refractivity contribution is 6.31. The fourth-order valence-corrected chi connectivity index (χ4v) is 1.94. The molecule has 82 valence electrons. The van der Waals surface area contributed by atoms with E-state index in [9.17, 15) is 9.59 Å². The Bertz CT molecular complexity index is 645. The maximum Gasteiger partial charge on any atom is 0.352 e. The van der Waals surface area contributed by atoms with Gasteiger partial charge in [-0.1, -0.05) is 11.6 Å². The number of hydrogen-bond acceptors (Lipinski definition) is 2. The summed E-state index contributed by atoms with van der Waals surface area (Å²) in [6.45, 7) is 1.75. The second-order valence-electron chi connectivity index (χ2n) is 3.50.